The number of rotatable bonds is 3. The number of hydrogen-bond donors (Lipinski definition) is 1. The van der Waals surface area contributed by atoms with Crippen LogP contribution in [0.15, 0.2) is 22.7 Å². The normalized spacial score (nSPS) is 22.6. The molecule has 0 bridgehead atoms. The lowest BCUT2D eigenvalue weighted by atomic mass is 9.83. The monoisotopic (exact) mass is 338 g/mol. The average Bonchev–Trinajstić information content (AvgIpc) is 2.48. The molecular formula is C16H23BrN2O. The molecule has 0 saturated heterocycles. The van der Waals surface area contributed by atoms with E-state index in [-0.39, 0.29) is 11.9 Å². The third-order valence-corrected chi connectivity index (χ3v) is 5.46. The molecule has 110 valence electrons. The van der Waals surface area contributed by atoms with Crippen LogP contribution in [-0.2, 0) is 0 Å². The van der Waals surface area contributed by atoms with E-state index in [1.54, 1.807) is 0 Å². The molecule has 1 saturated carbocycles. The number of nitrogens with zero attached hydrogens (tertiary/aromatic N) is 1. The van der Waals surface area contributed by atoms with Crippen LogP contribution in [0.2, 0.25) is 0 Å². The van der Waals surface area contributed by atoms with Crippen LogP contribution in [0, 0.1) is 12.8 Å². The van der Waals surface area contributed by atoms with Gasteiger partial charge in [-0.15, -0.1) is 0 Å². The second kappa shape index (κ2) is 6.72. The van der Waals surface area contributed by atoms with Gasteiger partial charge in [0, 0.05) is 17.6 Å². The number of aryl methyl sites for hydroxylation is 1. The van der Waals surface area contributed by atoms with Gasteiger partial charge in [0.2, 0.25) is 0 Å². The molecule has 1 aromatic carbocycles. The first-order valence-corrected chi connectivity index (χ1v) is 8.08. The largest absolute Gasteiger partial charge is 0.338 e. The molecule has 2 unspecified atom stereocenters. The van der Waals surface area contributed by atoms with Crippen LogP contribution >= 0.6 is 15.9 Å². The first-order chi connectivity index (χ1) is 9.56. The zero-order valence-electron chi connectivity index (χ0n) is 12.2. The minimum Gasteiger partial charge on any atom is -0.338 e. The number of hydrogen-bond acceptors (Lipinski definition) is 2. The molecule has 0 heterocycles. The predicted molar refractivity (Wildman–Crippen MR) is 85.8 cm³/mol. The van der Waals surface area contributed by atoms with Crippen molar-refractivity contribution in [2.75, 3.05) is 13.6 Å². The molecule has 1 amide bonds. The highest BCUT2D eigenvalue weighted by Gasteiger charge is 2.30. The van der Waals surface area contributed by atoms with E-state index in [2.05, 4.69) is 15.9 Å². The van der Waals surface area contributed by atoms with E-state index < -0.39 is 0 Å². The molecule has 0 aliphatic heterocycles. The first kappa shape index (κ1) is 15.5. The van der Waals surface area contributed by atoms with Gasteiger partial charge < -0.3 is 10.6 Å². The highest BCUT2D eigenvalue weighted by molar-refractivity contribution is 9.10. The Balaban J connectivity index is 2.21. The van der Waals surface area contributed by atoms with Crippen LogP contribution in [0.3, 0.4) is 0 Å². The molecule has 2 N–H and O–H groups in total. The third kappa shape index (κ3) is 3.07. The van der Waals surface area contributed by atoms with Crippen molar-refractivity contribution in [1.29, 1.82) is 0 Å². The van der Waals surface area contributed by atoms with Crippen LogP contribution in [0.1, 0.15) is 41.6 Å². The smallest absolute Gasteiger partial charge is 0.255 e. The van der Waals surface area contributed by atoms with Crippen LogP contribution in [0.25, 0.3) is 0 Å². The molecule has 0 spiro atoms. The minimum atomic E-state index is 0.0888. The van der Waals surface area contributed by atoms with Gasteiger partial charge in [0.05, 0.1) is 5.56 Å². The van der Waals surface area contributed by atoms with Crippen molar-refractivity contribution < 1.29 is 4.79 Å². The van der Waals surface area contributed by atoms with E-state index >= 15 is 0 Å². The third-order valence-electron chi connectivity index (χ3n) is 4.41. The summed E-state index contributed by atoms with van der Waals surface area (Å²) in [5, 5.41) is 0. The van der Waals surface area contributed by atoms with E-state index in [4.69, 9.17) is 5.73 Å². The zero-order chi connectivity index (χ0) is 14.7. The SMILES string of the molecule is Cc1cccc(C(=O)N(C)C2CCCCC2CN)c1Br. The predicted octanol–water partition coefficient (Wildman–Crippen LogP) is 3.35. The summed E-state index contributed by atoms with van der Waals surface area (Å²) in [6.45, 7) is 2.67. The van der Waals surface area contributed by atoms with E-state index in [1.807, 2.05) is 37.1 Å². The lowest BCUT2D eigenvalue weighted by Crippen LogP contribution is -2.46. The highest BCUT2D eigenvalue weighted by Crippen LogP contribution is 2.29. The number of carbonyl (C=O) groups excluding carboxylic acids is 1. The molecule has 0 aromatic heterocycles. The average molecular weight is 339 g/mol. The first-order valence-electron chi connectivity index (χ1n) is 7.28. The van der Waals surface area contributed by atoms with Crippen LogP contribution in [0.5, 0.6) is 0 Å². The standard InChI is InChI=1S/C16H23BrN2O/c1-11-6-5-8-13(15(11)17)16(20)19(2)14-9-4-3-7-12(14)10-18/h5-6,8,12,14H,3-4,7,9-10,18H2,1-2H3. The molecule has 3 nitrogen and oxygen atoms in total. The zero-order valence-corrected chi connectivity index (χ0v) is 13.8. The van der Waals surface area contributed by atoms with E-state index in [0.717, 1.165) is 28.4 Å². The second-order valence-electron chi connectivity index (χ2n) is 5.70. The maximum Gasteiger partial charge on any atom is 0.255 e. The van der Waals surface area contributed by atoms with Gasteiger partial charge in [-0.3, -0.25) is 4.79 Å². The summed E-state index contributed by atoms with van der Waals surface area (Å²) in [5.41, 5.74) is 7.71. The van der Waals surface area contributed by atoms with Crippen molar-refractivity contribution in [3.63, 3.8) is 0 Å². The summed E-state index contributed by atoms with van der Waals surface area (Å²) in [6, 6.07) is 6.09. The van der Waals surface area contributed by atoms with Crippen molar-refractivity contribution in [1.82, 2.24) is 4.90 Å². The Morgan fingerprint density at radius 1 is 1.40 bits per heavy atom. The van der Waals surface area contributed by atoms with Gasteiger partial charge >= 0.3 is 0 Å². The molecule has 1 fully saturated rings. The summed E-state index contributed by atoms with van der Waals surface area (Å²) >= 11 is 3.53. The number of carbonyl (C=O) groups is 1. The molecule has 4 heteroatoms. The van der Waals surface area contributed by atoms with Crippen molar-refractivity contribution in [3.8, 4) is 0 Å². The molecular weight excluding hydrogens is 316 g/mol. The Morgan fingerprint density at radius 3 is 2.80 bits per heavy atom. The summed E-state index contributed by atoms with van der Waals surface area (Å²) in [7, 11) is 1.91. The highest BCUT2D eigenvalue weighted by atomic mass is 79.9. The van der Waals surface area contributed by atoms with Crippen LogP contribution < -0.4 is 5.73 Å². The van der Waals surface area contributed by atoms with Crippen molar-refractivity contribution >= 4 is 21.8 Å². The number of nitrogens with two attached hydrogens (primary N) is 1. The molecule has 1 aliphatic rings. The molecule has 1 aliphatic carbocycles. The topological polar surface area (TPSA) is 46.3 Å². The molecule has 2 atom stereocenters. The number of amides is 1. The van der Waals surface area contributed by atoms with Crippen LogP contribution in [-0.4, -0.2) is 30.4 Å². The lowest BCUT2D eigenvalue weighted by Gasteiger charge is -2.37. The minimum absolute atomic E-state index is 0.0888. The second-order valence-corrected chi connectivity index (χ2v) is 6.49. The molecule has 2 rings (SSSR count). The number of halogens is 1. The Kier molecular flexibility index (Phi) is 5.22. The van der Waals surface area contributed by atoms with Gasteiger partial charge in [-0.2, -0.15) is 0 Å². The van der Waals surface area contributed by atoms with Gasteiger partial charge in [-0.05, 0) is 59.8 Å². The van der Waals surface area contributed by atoms with Crippen LogP contribution in [0.4, 0.5) is 0 Å². The Morgan fingerprint density at radius 2 is 2.10 bits per heavy atom. The molecule has 1 aromatic rings. The molecule has 0 radical (unpaired) electrons. The summed E-state index contributed by atoms with van der Waals surface area (Å²) in [6.07, 6.45) is 4.61. The van der Waals surface area contributed by atoms with E-state index in [0.29, 0.717) is 12.5 Å². The van der Waals surface area contributed by atoms with Gasteiger partial charge in [0.25, 0.3) is 5.91 Å². The van der Waals surface area contributed by atoms with Crippen molar-refractivity contribution in [2.45, 2.75) is 38.6 Å². The van der Waals surface area contributed by atoms with E-state index in [1.165, 1.54) is 12.8 Å². The van der Waals surface area contributed by atoms with Gasteiger partial charge in [-0.25, -0.2) is 0 Å². The lowest BCUT2D eigenvalue weighted by molar-refractivity contribution is 0.0619. The maximum absolute atomic E-state index is 12.7. The Bertz CT molecular complexity index is 489. The fourth-order valence-electron chi connectivity index (χ4n) is 3.13. The fourth-order valence-corrected chi connectivity index (χ4v) is 3.56. The van der Waals surface area contributed by atoms with E-state index in [9.17, 15) is 4.79 Å². The van der Waals surface area contributed by atoms with Crippen molar-refractivity contribution in [3.05, 3.63) is 33.8 Å². The summed E-state index contributed by atoms with van der Waals surface area (Å²) < 4.78 is 0.900. The molecule has 20 heavy (non-hydrogen) atoms. The Labute approximate surface area is 129 Å². The van der Waals surface area contributed by atoms with Gasteiger partial charge in [0.15, 0.2) is 0 Å². The Hall–Kier alpha value is -0.870. The summed E-state index contributed by atoms with van der Waals surface area (Å²) in [5.74, 6) is 0.521. The van der Waals surface area contributed by atoms with Gasteiger partial charge in [-0.1, -0.05) is 25.0 Å². The quantitative estimate of drug-likeness (QED) is 0.918. The maximum atomic E-state index is 12.7. The fraction of sp³-hybridized carbons (Fsp3) is 0.562. The summed E-state index contributed by atoms with van der Waals surface area (Å²) in [4.78, 5) is 14.6. The van der Waals surface area contributed by atoms with Crippen molar-refractivity contribution in [2.24, 2.45) is 11.7 Å². The van der Waals surface area contributed by atoms with Gasteiger partial charge in [0.1, 0.15) is 0 Å². The number of benzene rings is 1.